The van der Waals surface area contributed by atoms with Gasteiger partial charge >= 0.3 is 18.1 Å². The number of fused-ring (bicyclic) bond motifs is 1. The summed E-state index contributed by atoms with van der Waals surface area (Å²) < 4.78 is 54.2. The standard InChI is InChI=1S/C37H37F4N5O2.C4H6O6/c1-3-44(4-2)22-23-45(24-27-7-12-28(13-8-27)29-14-16-30(17-15-29)37(39,40)41)34(47)25-46-33(20-11-26-9-18-31(38)19-10-26)43-36(48)32-6-5-21-42-35(32)46;5-1(3(7)8)2(6)4(9)10/h5-10,12-19,21H,3-4,11,20,22-25H2,1-2H3;1-2,5-6H,(H,7,8)(H,9,10). The Morgan fingerprint density at radius 1 is 0.776 bits per heavy atom. The van der Waals surface area contributed by atoms with Gasteiger partial charge in [0.2, 0.25) is 5.91 Å². The molecule has 13 nitrogen and oxygen atoms in total. The fraction of sp³-hybridized carbons (Fsp3) is 0.317. The first kappa shape index (κ1) is 44.7. The normalized spacial score (nSPS) is 12.4. The fourth-order valence-corrected chi connectivity index (χ4v) is 5.88. The van der Waals surface area contributed by atoms with Gasteiger partial charge in [0, 0.05) is 32.3 Å². The first-order valence-corrected chi connectivity index (χ1v) is 18.2. The Bertz CT molecular complexity index is 2190. The maximum Gasteiger partial charge on any atom is 0.416 e. The third-order valence-electron chi connectivity index (χ3n) is 9.27. The highest BCUT2D eigenvalue weighted by Gasteiger charge is 2.30. The third-order valence-corrected chi connectivity index (χ3v) is 9.27. The van der Waals surface area contributed by atoms with Crippen LogP contribution in [0.1, 0.15) is 36.4 Å². The Balaban J connectivity index is 0.000000657. The Hall–Kier alpha value is -6.04. The van der Waals surface area contributed by atoms with Crippen molar-refractivity contribution in [3.8, 4) is 11.1 Å². The highest BCUT2D eigenvalue weighted by molar-refractivity contribution is 5.83. The Morgan fingerprint density at radius 3 is 1.86 bits per heavy atom. The number of hydrogen-bond donors (Lipinski definition) is 4. The van der Waals surface area contributed by atoms with Crippen LogP contribution >= 0.6 is 0 Å². The number of halogens is 4. The summed E-state index contributed by atoms with van der Waals surface area (Å²) in [5, 5.41) is 32.8. The number of likely N-dealkylation sites (N-methyl/N-ethyl adjacent to an activating group) is 1. The van der Waals surface area contributed by atoms with Gasteiger partial charge in [-0.25, -0.2) is 19.0 Å². The Labute approximate surface area is 330 Å². The van der Waals surface area contributed by atoms with Crippen molar-refractivity contribution in [2.75, 3.05) is 26.2 Å². The third kappa shape index (κ3) is 12.2. The van der Waals surface area contributed by atoms with Crippen LogP contribution in [0.3, 0.4) is 0 Å². The van der Waals surface area contributed by atoms with Crippen molar-refractivity contribution < 1.29 is 52.4 Å². The van der Waals surface area contributed by atoms with Gasteiger partial charge in [0.05, 0.1) is 10.9 Å². The van der Waals surface area contributed by atoms with Crippen LogP contribution in [0.5, 0.6) is 0 Å². The number of aryl methyl sites for hydroxylation is 2. The quantitative estimate of drug-likeness (QED) is 0.102. The summed E-state index contributed by atoms with van der Waals surface area (Å²) in [6, 6.07) is 21.8. The van der Waals surface area contributed by atoms with Crippen LogP contribution in [0.2, 0.25) is 0 Å². The highest BCUT2D eigenvalue weighted by Crippen LogP contribution is 2.31. The molecular formula is C41H43F4N5O8. The predicted octanol–water partition coefficient (Wildman–Crippen LogP) is 4.65. The van der Waals surface area contributed by atoms with Gasteiger partial charge in [0.25, 0.3) is 5.56 Å². The van der Waals surface area contributed by atoms with Crippen molar-refractivity contribution in [2.24, 2.45) is 0 Å². The molecule has 0 aliphatic rings. The first-order valence-electron chi connectivity index (χ1n) is 18.2. The molecule has 17 heteroatoms. The van der Waals surface area contributed by atoms with Crippen LogP contribution in [0.25, 0.3) is 22.2 Å². The second-order valence-electron chi connectivity index (χ2n) is 13.1. The number of aliphatic carboxylic acids is 2. The second-order valence-corrected chi connectivity index (χ2v) is 13.1. The number of carboxylic acids is 2. The van der Waals surface area contributed by atoms with Gasteiger partial charge in [-0.1, -0.05) is 62.4 Å². The van der Waals surface area contributed by atoms with E-state index >= 15 is 0 Å². The molecule has 2 unspecified atom stereocenters. The smallest absolute Gasteiger partial charge is 0.416 e. The zero-order chi connectivity index (χ0) is 42.6. The van der Waals surface area contributed by atoms with Gasteiger partial charge in [-0.15, -0.1) is 0 Å². The minimum absolute atomic E-state index is 0.0958. The van der Waals surface area contributed by atoms with Crippen molar-refractivity contribution >= 4 is 28.9 Å². The van der Waals surface area contributed by atoms with E-state index in [9.17, 15) is 36.7 Å². The van der Waals surface area contributed by atoms with Gasteiger partial charge < -0.3 is 34.8 Å². The number of hydrogen-bond acceptors (Lipinski definition) is 9. The molecule has 5 rings (SSSR count). The lowest BCUT2D eigenvalue weighted by atomic mass is 10.0. The van der Waals surface area contributed by atoms with Crippen LogP contribution in [0, 0.1) is 5.82 Å². The zero-order valence-electron chi connectivity index (χ0n) is 31.6. The fourth-order valence-electron chi connectivity index (χ4n) is 5.88. The van der Waals surface area contributed by atoms with E-state index in [4.69, 9.17) is 20.4 Å². The lowest BCUT2D eigenvalue weighted by Crippen LogP contribution is -2.40. The molecule has 1 amide bonds. The molecule has 2 heterocycles. The average Bonchev–Trinajstić information content (AvgIpc) is 3.21. The van der Waals surface area contributed by atoms with Gasteiger partial charge in [0.1, 0.15) is 23.8 Å². The summed E-state index contributed by atoms with van der Waals surface area (Å²) in [6.45, 7) is 7.09. The van der Waals surface area contributed by atoms with E-state index in [0.29, 0.717) is 54.9 Å². The number of amides is 1. The van der Waals surface area contributed by atoms with E-state index in [-0.39, 0.29) is 18.3 Å². The monoisotopic (exact) mass is 809 g/mol. The van der Waals surface area contributed by atoms with Crippen molar-refractivity contribution in [2.45, 2.75) is 58.2 Å². The van der Waals surface area contributed by atoms with Gasteiger partial charge in [-0.05, 0) is 78.2 Å². The number of aliphatic hydroxyl groups is 2. The molecule has 2 atom stereocenters. The number of alkyl halides is 3. The van der Waals surface area contributed by atoms with Crippen LogP contribution < -0.4 is 5.56 Å². The molecular weight excluding hydrogens is 766 g/mol. The number of nitrogens with zero attached hydrogens (tertiary/aromatic N) is 5. The van der Waals surface area contributed by atoms with E-state index in [2.05, 4.69) is 28.7 Å². The lowest BCUT2D eigenvalue weighted by molar-refractivity contribution is -0.165. The van der Waals surface area contributed by atoms with Gasteiger partial charge in [0.15, 0.2) is 12.2 Å². The van der Waals surface area contributed by atoms with Crippen LogP contribution in [-0.2, 0) is 46.5 Å². The Kier molecular flexibility index (Phi) is 15.7. The molecule has 0 spiro atoms. The zero-order valence-corrected chi connectivity index (χ0v) is 31.6. The molecule has 58 heavy (non-hydrogen) atoms. The SMILES string of the molecule is CCN(CC)CCN(Cc1ccc(-c2ccc(C(F)(F)F)cc2)cc1)C(=O)Cn1c(CCc2ccc(F)cc2)nc(=O)c2cccnc21.O=C(O)C(O)C(O)C(=O)O. The molecule has 0 aliphatic heterocycles. The average molecular weight is 810 g/mol. The number of aliphatic hydroxyl groups excluding tert-OH is 2. The van der Waals surface area contributed by atoms with E-state index in [1.807, 2.05) is 24.3 Å². The number of carboxylic acid groups (broad SMARTS) is 2. The maximum atomic E-state index is 14.1. The lowest BCUT2D eigenvalue weighted by Gasteiger charge is -2.27. The number of rotatable bonds is 16. The first-order chi connectivity index (χ1) is 27.5. The number of benzene rings is 3. The predicted molar refractivity (Wildman–Crippen MR) is 205 cm³/mol. The van der Waals surface area contributed by atoms with E-state index in [1.165, 1.54) is 24.3 Å². The Morgan fingerprint density at radius 2 is 1.33 bits per heavy atom. The number of carbonyl (C=O) groups excluding carboxylic acids is 1. The molecule has 2 aromatic heterocycles. The van der Waals surface area contributed by atoms with Crippen LogP contribution in [-0.4, -0.2) is 101 Å². The molecule has 308 valence electrons. The number of aromatic nitrogens is 3. The van der Waals surface area contributed by atoms with Gasteiger partial charge in [-0.2, -0.15) is 18.2 Å². The van der Waals surface area contributed by atoms with Crippen molar-refractivity contribution in [3.05, 3.63) is 130 Å². The van der Waals surface area contributed by atoms with Crippen LogP contribution in [0.15, 0.2) is 95.9 Å². The minimum atomic E-state index is -4.40. The molecule has 3 aromatic carbocycles. The summed E-state index contributed by atoms with van der Waals surface area (Å²) in [7, 11) is 0. The van der Waals surface area contributed by atoms with Crippen molar-refractivity contribution in [1.29, 1.82) is 0 Å². The topological polar surface area (TPSA) is 186 Å². The molecule has 0 radical (unpaired) electrons. The van der Waals surface area contributed by atoms with Gasteiger partial charge in [-0.3, -0.25) is 9.59 Å². The second kappa shape index (κ2) is 20.4. The van der Waals surface area contributed by atoms with Crippen LogP contribution in [0.4, 0.5) is 17.6 Å². The molecule has 0 fully saturated rings. The molecule has 0 saturated carbocycles. The summed E-state index contributed by atoms with van der Waals surface area (Å²) >= 11 is 0. The summed E-state index contributed by atoms with van der Waals surface area (Å²) in [5.74, 6) is -3.65. The molecule has 0 saturated heterocycles. The van der Waals surface area contributed by atoms with E-state index in [0.717, 1.165) is 41.9 Å². The molecule has 0 aliphatic carbocycles. The van der Waals surface area contributed by atoms with Crippen molar-refractivity contribution in [3.63, 3.8) is 0 Å². The molecule has 0 bridgehead atoms. The number of carbonyl (C=O) groups is 3. The van der Waals surface area contributed by atoms with E-state index in [1.54, 1.807) is 39.9 Å². The molecule has 5 aromatic rings. The maximum absolute atomic E-state index is 14.1. The molecule has 4 N–H and O–H groups in total. The largest absolute Gasteiger partial charge is 0.479 e. The minimum Gasteiger partial charge on any atom is -0.479 e. The van der Waals surface area contributed by atoms with E-state index < -0.39 is 41.4 Å². The summed E-state index contributed by atoms with van der Waals surface area (Å²) in [4.78, 5) is 59.4. The summed E-state index contributed by atoms with van der Waals surface area (Å²) in [5.41, 5.74) is 2.37. The number of pyridine rings is 1. The van der Waals surface area contributed by atoms with Crippen molar-refractivity contribution in [1.82, 2.24) is 24.3 Å². The summed E-state index contributed by atoms with van der Waals surface area (Å²) in [6.07, 6.45) is -6.54. The highest BCUT2D eigenvalue weighted by atomic mass is 19.4.